The lowest BCUT2D eigenvalue weighted by Crippen LogP contribution is -2.24. The average Bonchev–Trinajstić information content (AvgIpc) is 2.55. The second-order valence-electron chi connectivity index (χ2n) is 4.05. The molecule has 4 heteroatoms. The Balaban J connectivity index is 2.09. The van der Waals surface area contributed by atoms with Gasteiger partial charge in [0.2, 0.25) is 5.91 Å². The van der Waals surface area contributed by atoms with Gasteiger partial charge in [0.1, 0.15) is 0 Å². The summed E-state index contributed by atoms with van der Waals surface area (Å²) in [5, 5.41) is 3.08. The van der Waals surface area contributed by atoms with Gasteiger partial charge in [-0.25, -0.2) is 0 Å². The Kier molecular flexibility index (Phi) is 3.22. The maximum absolute atomic E-state index is 11.5. The van der Waals surface area contributed by atoms with E-state index in [0.29, 0.717) is 13.1 Å². The molecule has 0 aromatic heterocycles. The molecule has 0 spiro atoms. The van der Waals surface area contributed by atoms with Gasteiger partial charge in [0.05, 0.1) is 6.42 Å². The normalized spacial score (nSPS) is 14.4. The molecule has 0 saturated carbocycles. The third-order valence-electron chi connectivity index (χ3n) is 2.96. The van der Waals surface area contributed by atoms with E-state index in [4.69, 9.17) is 5.73 Å². The number of hydrogen-bond acceptors (Lipinski definition) is 3. The highest BCUT2D eigenvalue weighted by Crippen LogP contribution is 2.28. The zero-order valence-electron chi connectivity index (χ0n) is 9.49. The Bertz CT molecular complexity index is 403. The van der Waals surface area contributed by atoms with Crippen LogP contribution < -0.4 is 16.0 Å². The molecule has 0 fully saturated rings. The molecule has 2 rings (SSSR count). The molecule has 1 aromatic rings. The highest BCUT2D eigenvalue weighted by molar-refractivity contribution is 6.00. The number of anilines is 1. The smallest absolute Gasteiger partial charge is 0.231 e. The molecule has 0 atom stereocenters. The fraction of sp³-hybridized carbons (Fsp3) is 0.417. The lowest BCUT2D eigenvalue weighted by Gasteiger charge is -2.10. The van der Waals surface area contributed by atoms with Crippen molar-refractivity contribution >= 4 is 11.6 Å². The number of nitrogens with zero attached hydrogens (tertiary/aromatic N) is 1. The second-order valence-corrected chi connectivity index (χ2v) is 4.05. The van der Waals surface area contributed by atoms with Gasteiger partial charge >= 0.3 is 0 Å². The molecule has 1 heterocycles. The molecule has 0 radical (unpaired) electrons. The van der Waals surface area contributed by atoms with Crippen LogP contribution in [0.4, 0.5) is 5.69 Å². The Labute approximate surface area is 95.4 Å². The van der Waals surface area contributed by atoms with Gasteiger partial charge in [0.25, 0.3) is 0 Å². The van der Waals surface area contributed by atoms with Gasteiger partial charge in [-0.05, 0) is 23.6 Å². The van der Waals surface area contributed by atoms with Gasteiger partial charge in [-0.3, -0.25) is 4.79 Å². The molecule has 1 aromatic carbocycles. The number of fused-ring (bicyclic) bond motifs is 1. The Morgan fingerprint density at radius 1 is 1.50 bits per heavy atom. The maximum atomic E-state index is 11.5. The summed E-state index contributed by atoms with van der Waals surface area (Å²) < 4.78 is 0. The summed E-state index contributed by atoms with van der Waals surface area (Å²) in [4.78, 5) is 13.2. The molecule has 3 N–H and O–H groups in total. The van der Waals surface area contributed by atoms with Gasteiger partial charge < -0.3 is 16.0 Å². The van der Waals surface area contributed by atoms with Crippen LogP contribution in [0.15, 0.2) is 18.2 Å². The van der Waals surface area contributed by atoms with Crippen LogP contribution in [0.3, 0.4) is 0 Å². The average molecular weight is 219 g/mol. The minimum atomic E-state index is 0.173. The monoisotopic (exact) mass is 219 g/mol. The van der Waals surface area contributed by atoms with E-state index < -0.39 is 0 Å². The van der Waals surface area contributed by atoms with Crippen LogP contribution in [-0.4, -0.2) is 26.2 Å². The number of carbonyl (C=O) groups excluding carboxylic acids is 1. The molecule has 86 valence electrons. The molecular formula is C12H17N3O. The molecule has 1 aliphatic heterocycles. The summed E-state index contributed by atoms with van der Waals surface area (Å²) in [7, 11) is 1.82. The van der Waals surface area contributed by atoms with E-state index in [1.165, 1.54) is 5.56 Å². The van der Waals surface area contributed by atoms with Crippen LogP contribution in [0.25, 0.3) is 0 Å². The SMILES string of the molecule is CN1C(=O)Cc2cc(CCNCN)ccc21. The van der Waals surface area contributed by atoms with E-state index in [-0.39, 0.29) is 5.91 Å². The van der Waals surface area contributed by atoms with Crippen LogP contribution in [0, 0.1) is 0 Å². The fourth-order valence-corrected chi connectivity index (χ4v) is 2.01. The second kappa shape index (κ2) is 4.63. The van der Waals surface area contributed by atoms with Crippen molar-refractivity contribution in [2.75, 3.05) is 25.2 Å². The van der Waals surface area contributed by atoms with Gasteiger partial charge in [0, 0.05) is 25.9 Å². The summed E-state index contributed by atoms with van der Waals surface area (Å²) in [6.45, 7) is 1.38. The number of benzene rings is 1. The molecule has 0 unspecified atom stereocenters. The van der Waals surface area contributed by atoms with Gasteiger partial charge in [-0.15, -0.1) is 0 Å². The highest BCUT2D eigenvalue weighted by atomic mass is 16.2. The first kappa shape index (κ1) is 11.1. The van der Waals surface area contributed by atoms with E-state index in [2.05, 4.69) is 17.4 Å². The number of hydrogen-bond donors (Lipinski definition) is 2. The lowest BCUT2D eigenvalue weighted by molar-refractivity contribution is -0.117. The third-order valence-corrected chi connectivity index (χ3v) is 2.96. The van der Waals surface area contributed by atoms with Crippen LogP contribution in [0.2, 0.25) is 0 Å². The minimum Gasteiger partial charge on any atom is -0.318 e. The molecule has 4 nitrogen and oxygen atoms in total. The molecule has 0 saturated heterocycles. The Hall–Kier alpha value is -1.39. The van der Waals surface area contributed by atoms with Crippen LogP contribution in [-0.2, 0) is 17.6 Å². The maximum Gasteiger partial charge on any atom is 0.231 e. The van der Waals surface area contributed by atoms with E-state index in [0.717, 1.165) is 24.2 Å². The summed E-state index contributed by atoms with van der Waals surface area (Å²) in [5.41, 5.74) is 8.79. The third kappa shape index (κ3) is 2.08. The van der Waals surface area contributed by atoms with Gasteiger partial charge in [0.15, 0.2) is 0 Å². The van der Waals surface area contributed by atoms with Crippen molar-refractivity contribution < 1.29 is 4.79 Å². The van der Waals surface area contributed by atoms with Crippen LogP contribution >= 0.6 is 0 Å². The summed E-state index contributed by atoms with van der Waals surface area (Å²) >= 11 is 0. The van der Waals surface area contributed by atoms with Crippen molar-refractivity contribution in [2.24, 2.45) is 5.73 Å². The van der Waals surface area contributed by atoms with Crippen molar-refractivity contribution in [2.45, 2.75) is 12.8 Å². The predicted octanol–water partition coefficient (Wildman–Crippen LogP) is 0.254. The van der Waals surface area contributed by atoms with Gasteiger partial charge in [-0.1, -0.05) is 12.1 Å². The Morgan fingerprint density at radius 3 is 3.06 bits per heavy atom. The zero-order chi connectivity index (χ0) is 11.5. The highest BCUT2D eigenvalue weighted by Gasteiger charge is 2.23. The van der Waals surface area contributed by atoms with E-state index in [1.807, 2.05) is 13.1 Å². The summed E-state index contributed by atoms with van der Waals surface area (Å²) in [6, 6.07) is 6.22. The number of amides is 1. The first-order valence-corrected chi connectivity index (χ1v) is 5.51. The first-order chi connectivity index (χ1) is 7.72. The van der Waals surface area contributed by atoms with Crippen molar-refractivity contribution in [1.82, 2.24) is 5.32 Å². The van der Waals surface area contributed by atoms with Gasteiger partial charge in [-0.2, -0.15) is 0 Å². The quantitative estimate of drug-likeness (QED) is 0.564. The number of likely N-dealkylation sites (N-methyl/N-ethyl adjacent to an activating group) is 1. The summed E-state index contributed by atoms with van der Waals surface area (Å²) in [6.07, 6.45) is 1.48. The predicted molar refractivity (Wildman–Crippen MR) is 64.3 cm³/mol. The van der Waals surface area contributed by atoms with Crippen molar-refractivity contribution in [3.63, 3.8) is 0 Å². The number of nitrogens with two attached hydrogens (primary N) is 1. The largest absolute Gasteiger partial charge is 0.318 e. The lowest BCUT2D eigenvalue weighted by atomic mass is 10.1. The fourth-order valence-electron chi connectivity index (χ4n) is 2.01. The molecule has 1 amide bonds. The standard InChI is InChI=1S/C12H17N3O/c1-15-11-3-2-9(4-5-14-8-13)6-10(11)7-12(15)16/h2-3,6,14H,4-5,7-8,13H2,1H3. The topological polar surface area (TPSA) is 58.4 Å². The van der Waals surface area contributed by atoms with E-state index >= 15 is 0 Å². The molecule has 0 bridgehead atoms. The number of rotatable bonds is 4. The molecule has 0 aliphatic carbocycles. The zero-order valence-corrected chi connectivity index (χ0v) is 9.49. The Morgan fingerprint density at radius 2 is 2.31 bits per heavy atom. The molecular weight excluding hydrogens is 202 g/mol. The summed E-state index contributed by atoms with van der Waals surface area (Å²) in [5.74, 6) is 0.173. The van der Waals surface area contributed by atoms with Crippen molar-refractivity contribution in [3.05, 3.63) is 29.3 Å². The van der Waals surface area contributed by atoms with Crippen molar-refractivity contribution in [1.29, 1.82) is 0 Å². The number of carbonyl (C=O) groups is 1. The number of nitrogens with one attached hydrogen (secondary N) is 1. The molecule has 1 aliphatic rings. The first-order valence-electron chi connectivity index (χ1n) is 5.51. The van der Waals surface area contributed by atoms with Crippen LogP contribution in [0.1, 0.15) is 11.1 Å². The van der Waals surface area contributed by atoms with Crippen molar-refractivity contribution in [3.8, 4) is 0 Å². The molecule has 16 heavy (non-hydrogen) atoms. The minimum absolute atomic E-state index is 0.173. The van der Waals surface area contributed by atoms with E-state index in [9.17, 15) is 4.79 Å². The van der Waals surface area contributed by atoms with E-state index in [1.54, 1.807) is 4.90 Å². The van der Waals surface area contributed by atoms with Crippen LogP contribution in [0.5, 0.6) is 0 Å².